The van der Waals surface area contributed by atoms with Gasteiger partial charge in [0.15, 0.2) is 0 Å². The van der Waals surface area contributed by atoms with E-state index in [1.807, 2.05) is 20.8 Å². The normalized spacial score (nSPS) is 19.5. The van der Waals surface area contributed by atoms with Crippen LogP contribution in [-0.4, -0.2) is 33.8 Å². The smallest absolute Gasteiger partial charge is 0.212 e. The quantitative estimate of drug-likeness (QED) is 0.786. The van der Waals surface area contributed by atoms with Crippen LogP contribution in [0, 0.1) is 11.3 Å². The van der Waals surface area contributed by atoms with E-state index in [1.54, 1.807) is 0 Å². The van der Waals surface area contributed by atoms with Crippen molar-refractivity contribution in [2.24, 2.45) is 11.3 Å². The Balaban J connectivity index is 2.25. The molecule has 1 heterocycles. The summed E-state index contributed by atoms with van der Waals surface area (Å²) in [7, 11) is -3.11. The predicted octanol–water partition coefficient (Wildman–Crippen LogP) is 1.34. The molecule has 0 spiro atoms. The lowest BCUT2D eigenvalue weighted by atomic mass is 9.95. The van der Waals surface area contributed by atoms with E-state index in [1.165, 1.54) is 12.8 Å². The van der Waals surface area contributed by atoms with Gasteiger partial charge in [-0.25, -0.2) is 13.1 Å². The summed E-state index contributed by atoms with van der Waals surface area (Å²) in [5.74, 6) is 0.875. The molecule has 2 N–H and O–H groups in total. The van der Waals surface area contributed by atoms with Gasteiger partial charge in [0.25, 0.3) is 0 Å². The maximum absolute atomic E-state index is 11.8. The zero-order valence-electron chi connectivity index (χ0n) is 11.3. The van der Waals surface area contributed by atoms with Crippen molar-refractivity contribution >= 4 is 10.0 Å². The fourth-order valence-corrected chi connectivity index (χ4v) is 3.88. The summed E-state index contributed by atoms with van der Waals surface area (Å²) < 4.78 is 26.2. The Kier molecular flexibility index (Phi) is 5.41. The molecule has 0 aliphatic carbocycles. The molecule has 0 atom stereocenters. The van der Waals surface area contributed by atoms with Gasteiger partial charge in [-0.3, -0.25) is 0 Å². The van der Waals surface area contributed by atoms with Gasteiger partial charge < -0.3 is 5.32 Å². The van der Waals surface area contributed by atoms with Gasteiger partial charge in [0.1, 0.15) is 0 Å². The van der Waals surface area contributed by atoms with E-state index in [2.05, 4.69) is 10.0 Å². The third-order valence-corrected chi connectivity index (χ3v) is 4.85. The van der Waals surface area contributed by atoms with Crippen molar-refractivity contribution in [3.05, 3.63) is 0 Å². The van der Waals surface area contributed by atoms with E-state index >= 15 is 0 Å². The highest BCUT2D eigenvalue weighted by Gasteiger charge is 2.21. The van der Waals surface area contributed by atoms with Crippen molar-refractivity contribution in [2.75, 3.05) is 25.4 Å². The molecule has 0 bridgehead atoms. The predicted molar refractivity (Wildman–Crippen MR) is 71.5 cm³/mol. The molecule has 0 unspecified atom stereocenters. The van der Waals surface area contributed by atoms with E-state index in [0.717, 1.165) is 19.5 Å². The molecule has 0 amide bonds. The molecule has 0 saturated carbocycles. The third kappa shape index (κ3) is 7.01. The van der Waals surface area contributed by atoms with Gasteiger partial charge in [-0.2, -0.15) is 0 Å². The minimum absolute atomic E-state index is 0.180. The Hall–Kier alpha value is -0.130. The molecule has 0 aromatic carbocycles. The van der Waals surface area contributed by atoms with Crippen LogP contribution in [0.3, 0.4) is 0 Å². The molecule has 1 aliphatic rings. The van der Waals surface area contributed by atoms with Crippen LogP contribution in [0.4, 0.5) is 0 Å². The van der Waals surface area contributed by atoms with Crippen LogP contribution in [0.2, 0.25) is 0 Å². The van der Waals surface area contributed by atoms with E-state index < -0.39 is 10.0 Å². The van der Waals surface area contributed by atoms with E-state index in [4.69, 9.17) is 0 Å². The second kappa shape index (κ2) is 6.16. The molecule has 17 heavy (non-hydrogen) atoms. The average Bonchev–Trinajstić information content (AvgIpc) is 2.15. The number of rotatable bonds is 5. The first-order chi connectivity index (χ1) is 7.79. The van der Waals surface area contributed by atoms with Crippen LogP contribution < -0.4 is 10.0 Å². The molecule has 1 aliphatic heterocycles. The zero-order valence-corrected chi connectivity index (χ0v) is 12.1. The summed E-state index contributed by atoms with van der Waals surface area (Å²) in [5, 5.41) is 3.31. The Morgan fingerprint density at radius 3 is 2.35 bits per heavy atom. The monoisotopic (exact) mass is 262 g/mol. The first-order valence-corrected chi connectivity index (χ1v) is 8.12. The summed E-state index contributed by atoms with van der Waals surface area (Å²) in [6.45, 7) is 8.55. The third-order valence-electron chi connectivity index (χ3n) is 2.96. The topological polar surface area (TPSA) is 58.2 Å². The Morgan fingerprint density at radius 2 is 1.82 bits per heavy atom. The van der Waals surface area contributed by atoms with Crippen molar-refractivity contribution in [3.8, 4) is 0 Å². The van der Waals surface area contributed by atoms with Crippen molar-refractivity contribution < 1.29 is 8.42 Å². The summed E-state index contributed by atoms with van der Waals surface area (Å²) in [4.78, 5) is 0. The van der Waals surface area contributed by atoms with Gasteiger partial charge in [-0.15, -0.1) is 0 Å². The summed E-state index contributed by atoms with van der Waals surface area (Å²) in [6.07, 6.45) is 3.30. The first kappa shape index (κ1) is 14.9. The molecule has 0 aromatic heterocycles. The summed E-state index contributed by atoms with van der Waals surface area (Å²) in [5.41, 5.74) is -0.180. The fraction of sp³-hybridized carbons (Fsp3) is 1.00. The number of hydrogen-bond donors (Lipinski definition) is 2. The van der Waals surface area contributed by atoms with Crippen LogP contribution in [-0.2, 0) is 10.0 Å². The Labute approximate surface area is 106 Å². The lowest BCUT2D eigenvalue weighted by molar-refractivity contribution is 0.354. The summed E-state index contributed by atoms with van der Waals surface area (Å²) >= 11 is 0. The van der Waals surface area contributed by atoms with Gasteiger partial charge in [-0.1, -0.05) is 20.8 Å². The fourth-order valence-electron chi connectivity index (χ4n) is 2.21. The van der Waals surface area contributed by atoms with E-state index in [0.29, 0.717) is 12.5 Å². The van der Waals surface area contributed by atoms with Crippen LogP contribution in [0.25, 0.3) is 0 Å². The second-order valence-electron chi connectivity index (χ2n) is 6.20. The second-order valence-corrected chi connectivity index (χ2v) is 8.00. The van der Waals surface area contributed by atoms with Crippen molar-refractivity contribution in [1.82, 2.24) is 10.0 Å². The molecular weight excluding hydrogens is 236 g/mol. The molecule has 1 saturated heterocycles. The minimum Gasteiger partial charge on any atom is -0.317 e. The van der Waals surface area contributed by atoms with Crippen LogP contribution >= 0.6 is 0 Å². The van der Waals surface area contributed by atoms with E-state index in [-0.39, 0.29) is 11.2 Å². The molecular formula is C12H26N2O2S. The SMILES string of the molecule is CC(C)(C)CS(=O)(=O)NCCC1CCNCC1. The van der Waals surface area contributed by atoms with Crippen LogP contribution in [0.15, 0.2) is 0 Å². The number of hydrogen-bond acceptors (Lipinski definition) is 3. The Bertz CT molecular complexity index is 314. The zero-order chi connectivity index (χ0) is 12.9. The number of sulfonamides is 1. The molecule has 0 radical (unpaired) electrons. The molecule has 0 aromatic rings. The van der Waals surface area contributed by atoms with Crippen molar-refractivity contribution in [2.45, 2.75) is 40.0 Å². The largest absolute Gasteiger partial charge is 0.317 e. The van der Waals surface area contributed by atoms with Crippen LogP contribution in [0.5, 0.6) is 0 Å². The molecule has 4 nitrogen and oxygen atoms in total. The van der Waals surface area contributed by atoms with E-state index in [9.17, 15) is 8.42 Å². The van der Waals surface area contributed by atoms with Gasteiger partial charge in [-0.05, 0) is 43.7 Å². The van der Waals surface area contributed by atoms with Crippen molar-refractivity contribution in [1.29, 1.82) is 0 Å². The van der Waals surface area contributed by atoms with Gasteiger partial charge >= 0.3 is 0 Å². The molecule has 5 heteroatoms. The van der Waals surface area contributed by atoms with Gasteiger partial charge in [0.2, 0.25) is 10.0 Å². The minimum atomic E-state index is -3.11. The molecule has 1 rings (SSSR count). The highest BCUT2D eigenvalue weighted by molar-refractivity contribution is 7.89. The lowest BCUT2D eigenvalue weighted by Crippen LogP contribution is -2.35. The van der Waals surface area contributed by atoms with Crippen LogP contribution in [0.1, 0.15) is 40.0 Å². The maximum atomic E-state index is 11.8. The van der Waals surface area contributed by atoms with Gasteiger partial charge in [0, 0.05) is 6.54 Å². The molecule has 102 valence electrons. The lowest BCUT2D eigenvalue weighted by Gasteiger charge is -2.23. The number of piperidine rings is 1. The van der Waals surface area contributed by atoms with Gasteiger partial charge in [0.05, 0.1) is 5.75 Å². The first-order valence-electron chi connectivity index (χ1n) is 6.47. The number of nitrogens with one attached hydrogen (secondary N) is 2. The molecule has 1 fully saturated rings. The standard InChI is InChI=1S/C12H26N2O2S/c1-12(2,3)10-17(15,16)14-9-6-11-4-7-13-8-5-11/h11,13-14H,4-10H2,1-3H3. The van der Waals surface area contributed by atoms with Crippen molar-refractivity contribution in [3.63, 3.8) is 0 Å². The summed E-state index contributed by atoms with van der Waals surface area (Å²) in [6, 6.07) is 0. The average molecular weight is 262 g/mol. The highest BCUT2D eigenvalue weighted by Crippen LogP contribution is 2.17. The maximum Gasteiger partial charge on any atom is 0.212 e. The highest BCUT2D eigenvalue weighted by atomic mass is 32.2. The Morgan fingerprint density at radius 1 is 1.24 bits per heavy atom.